The highest BCUT2D eigenvalue weighted by Crippen LogP contribution is 2.23. The lowest BCUT2D eigenvalue weighted by Crippen LogP contribution is -2.44. The molecule has 1 aromatic heterocycles. The van der Waals surface area contributed by atoms with Crippen LogP contribution in [0, 0.1) is 5.92 Å². The molecule has 3 rings (SSSR count). The van der Waals surface area contributed by atoms with E-state index in [1.165, 1.54) is 11.8 Å². The van der Waals surface area contributed by atoms with Crippen molar-refractivity contribution in [2.24, 2.45) is 13.0 Å². The van der Waals surface area contributed by atoms with Gasteiger partial charge in [-0.2, -0.15) is 0 Å². The SMILES string of the molecule is Cn1c(CC2CCS(=O)(=O)C2)nnc1SCC(=O)NC(=O)NC1CCCC1. The molecule has 2 fully saturated rings. The molecular formula is C16H25N5O4S2. The molecule has 3 amide bonds. The van der Waals surface area contributed by atoms with Gasteiger partial charge in [-0.1, -0.05) is 24.6 Å². The van der Waals surface area contributed by atoms with E-state index in [-0.39, 0.29) is 35.1 Å². The molecule has 9 nitrogen and oxygen atoms in total. The van der Waals surface area contributed by atoms with Crippen LogP contribution in [-0.2, 0) is 28.1 Å². The van der Waals surface area contributed by atoms with Crippen LogP contribution in [0.5, 0.6) is 0 Å². The van der Waals surface area contributed by atoms with Crippen LogP contribution in [0.15, 0.2) is 5.16 Å². The van der Waals surface area contributed by atoms with Crippen molar-refractivity contribution in [2.75, 3.05) is 17.3 Å². The Kier molecular flexibility index (Phi) is 6.40. The van der Waals surface area contributed by atoms with Crippen molar-refractivity contribution in [3.63, 3.8) is 0 Å². The van der Waals surface area contributed by atoms with E-state index in [0.717, 1.165) is 25.7 Å². The molecule has 0 radical (unpaired) electrons. The van der Waals surface area contributed by atoms with E-state index in [1.54, 1.807) is 11.6 Å². The predicted molar refractivity (Wildman–Crippen MR) is 101 cm³/mol. The van der Waals surface area contributed by atoms with Gasteiger partial charge in [0.2, 0.25) is 5.91 Å². The van der Waals surface area contributed by atoms with Gasteiger partial charge >= 0.3 is 6.03 Å². The van der Waals surface area contributed by atoms with Gasteiger partial charge in [0.25, 0.3) is 0 Å². The Hall–Kier alpha value is -1.62. The van der Waals surface area contributed by atoms with Crippen LogP contribution >= 0.6 is 11.8 Å². The van der Waals surface area contributed by atoms with Gasteiger partial charge in [0.05, 0.1) is 17.3 Å². The van der Waals surface area contributed by atoms with Crippen molar-refractivity contribution in [1.82, 2.24) is 25.4 Å². The number of urea groups is 1. The average Bonchev–Trinajstić information content (AvgIpc) is 3.29. The number of hydrogen-bond donors (Lipinski definition) is 2. The highest BCUT2D eigenvalue weighted by molar-refractivity contribution is 7.99. The molecule has 1 atom stereocenters. The number of imide groups is 1. The summed E-state index contributed by atoms with van der Waals surface area (Å²) < 4.78 is 24.9. The summed E-state index contributed by atoms with van der Waals surface area (Å²) in [5.74, 6) is 0.877. The Morgan fingerprint density at radius 2 is 1.96 bits per heavy atom. The number of hydrogen-bond acceptors (Lipinski definition) is 7. The fraction of sp³-hybridized carbons (Fsp3) is 0.750. The zero-order valence-corrected chi connectivity index (χ0v) is 16.9. The van der Waals surface area contributed by atoms with Gasteiger partial charge in [0.1, 0.15) is 5.82 Å². The van der Waals surface area contributed by atoms with Crippen molar-refractivity contribution >= 4 is 33.5 Å². The lowest BCUT2D eigenvalue weighted by Gasteiger charge is -2.12. The van der Waals surface area contributed by atoms with Gasteiger partial charge < -0.3 is 9.88 Å². The quantitative estimate of drug-likeness (QED) is 0.654. The molecule has 2 aliphatic rings. The van der Waals surface area contributed by atoms with Crippen LogP contribution in [0.3, 0.4) is 0 Å². The molecule has 0 spiro atoms. The molecular weight excluding hydrogens is 390 g/mol. The molecule has 0 bridgehead atoms. The second kappa shape index (κ2) is 8.59. The summed E-state index contributed by atoms with van der Waals surface area (Å²) in [6.45, 7) is 0. The summed E-state index contributed by atoms with van der Waals surface area (Å²) in [4.78, 5) is 23.8. The van der Waals surface area contributed by atoms with Gasteiger partial charge in [-0.05, 0) is 25.2 Å². The van der Waals surface area contributed by atoms with Crippen molar-refractivity contribution in [2.45, 2.75) is 49.7 Å². The summed E-state index contributed by atoms with van der Waals surface area (Å²) in [5.41, 5.74) is 0. The summed E-state index contributed by atoms with van der Waals surface area (Å²) in [7, 11) is -1.12. The van der Waals surface area contributed by atoms with Crippen molar-refractivity contribution in [3.05, 3.63) is 5.82 Å². The highest BCUT2D eigenvalue weighted by Gasteiger charge is 2.29. The predicted octanol–water partition coefficient (Wildman–Crippen LogP) is 0.653. The van der Waals surface area contributed by atoms with E-state index in [2.05, 4.69) is 20.8 Å². The van der Waals surface area contributed by atoms with E-state index in [9.17, 15) is 18.0 Å². The number of rotatable bonds is 6. The number of carbonyl (C=O) groups is 2. The second-order valence-corrected chi connectivity index (χ2v) is 10.4. The molecule has 27 heavy (non-hydrogen) atoms. The minimum Gasteiger partial charge on any atom is -0.335 e. The molecule has 1 saturated carbocycles. The first kappa shape index (κ1) is 20.1. The van der Waals surface area contributed by atoms with E-state index >= 15 is 0 Å². The normalized spacial score (nSPS) is 22.0. The molecule has 2 heterocycles. The lowest BCUT2D eigenvalue weighted by atomic mass is 10.1. The molecule has 11 heteroatoms. The molecule has 1 unspecified atom stereocenters. The van der Waals surface area contributed by atoms with Gasteiger partial charge in [0.15, 0.2) is 15.0 Å². The number of nitrogens with zero attached hydrogens (tertiary/aromatic N) is 3. The zero-order chi connectivity index (χ0) is 19.4. The molecule has 1 aliphatic carbocycles. The standard InChI is InChI=1S/C16H25N5O4S2/c1-21-13(8-11-6-7-27(24,25)10-11)19-20-16(21)26-9-14(22)18-15(23)17-12-4-2-3-5-12/h11-12H,2-10H2,1H3,(H2,17,18,22,23). The third-order valence-corrected chi connectivity index (χ3v) is 7.86. The van der Waals surface area contributed by atoms with Crippen LogP contribution in [0.4, 0.5) is 4.79 Å². The number of carbonyl (C=O) groups excluding carboxylic acids is 2. The molecule has 0 aromatic carbocycles. The first-order valence-corrected chi connectivity index (χ1v) is 11.9. The first-order valence-electron chi connectivity index (χ1n) is 9.14. The van der Waals surface area contributed by atoms with E-state index < -0.39 is 15.9 Å². The summed E-state index contributed by atoms with van der Waals surface area (Å²) in [6, 6.07) is -0.292. The fourth-order valence-electron chi connectivity index (χ4n) is 3.52. The maximum atomic E-state index is 12.0. The number of nitrogens with one attached hydrogen (secondary N) is 2. The Bertz CT molecular complexity index is 802. The Morgan fingerprint density at radius 3 is 2.63 bits per heavy atom. The monoisotopic (exact) mass is 415 g/mol. The van der Waals surface area contributed by atoms with Crippen LogP contribution in [0.25, 0.3) is 0 Å². The van der Waals surface area contributed by atoms with Gasteiger partial charge in [-0.15, -0.1) is 10.2 Å². The fourth-order valence-corrected chi connectivity index (χ4v) is 6.12. The Morgan fingerprint density at radius 1 is 1.22 bits per heavy atom. The molecule has 1 saturated heterocycles. The zero-order valence-electron chi connectivity index (χ0n) is 15.3. The number of amides is 3. The largest absolute Gasteiger partial charge is 0.335 e. The van der Waals surface area contributed by atoms with Gasteiger partial charge in [0, 0.05) is 19.5 Å². The Balaban J connectivity index is 1.44. The summed E-state index contributed by atoms with van der Waals surface area (Å²) >= 11 is 1.20. The number of sulfone groups is 1. The maximum absolute atomic E-state index is 12.0. The molecule has 2 N–H and O–H groups in total. The van der Waals surface area contributed by atoms with E-state index in [4.69, 9.17) is 0 Å². The van der Waals surface area contributed by atoms with Crippen LogP contribution in [-0.4, -0.2) is 58.4 Å². The van der Waals surface area contributed by atoms with Gasteiger partial charge in [-0.25, -0.2) is 13.2 Å². The second-order valence-electron chi connectivity index (χ2n) is 7.22. The number of thioether (sulfide) groups is 1. The van der Waals surface area contributed by atoms with E-state index in [1.807, 2.05) is 0 Å². The Labute approximate surface area is 163 Å². The topological polar surface area (TPSA) is 123 Å². The van der Waals surface area contributed by atoms with Gasteiger partial charge in [-0.3, -0.25) is 10.1 Å². The average molecular weight is 416 g/mol. The summed E-state index contributed by atoms with van der Waals surface area (Å²) in [6.07, 6.45) is 5.34. The summed E-state index contributed by atoms with van der Waals surface area (Å²) in [5, 5.41) is 13.9. The molecule has 1 aromatic rings. The highest BCUT2D eigenvalue weighted by atomic mass is 32.2. The minimum atomic E-state index is -2.92. The van der Waals surface area contributed by atoms with Crippen molar-refractivity contribution < 1.29 is 18.0 Å². The molecule has 150 valence electrons. The minimum absolute atomic E-state index is 0.0574. The molecule has 1 aliphatic heterocycles. The smallest absolute Gasteiger partial charge is 0.321 e. The van der Waals surface area contributed by atoms with Crippen molar-refractivity contribution in [1.29, 1.82) is 0 Å². The van der Waals surface area contributed by atoms with Crippen LogP contribution in [0.1, 0.15) is 37.9 Å². The maximum Gasteiger partial charge on any atom is 0.321 e. The first-order chi connectivity index (χ1) is 12.8. The third kappa shape index (κ3) is 5.68. The lowest BCUT2D eigenvalue weighted by molar-refractivity contribution is -0.117. The van der Waals surface area contributed by atoms with E-state index in [0.29, 0.717) is 23.8 Å². The third-order valence-electron chi connectivity index (χ3n) is 5.00. The van der Waals surface area contributed by atoms with Crippen molar-refractivity contribution in [3.8, 4) is 0 Å². The van der Waals surface area contributed by atoms with Crippen LogP contribution < -0.4 is 10.6 Å². The number of aromatic nitrogens is 3. The van der Waals surface area contributed by atoms with Crippen LogP contribution in [0.2, 0.25) is 0 Å².